The highest BCUT2D eigenvalue weighted by atomic mass is 16.7. The molecule has 5 heteroatoms. The van der Waals surface area contributed by atoms with Crippen molar-refractivity contribution in [1.29, 1.82) is 0 Å². The van der Waals surface area contributed by atoms with Crippen LogP contribution in [0.5, 0.6) is 11.5 Å². The van der Waals surface area contributed by atoms with Crippen molar-refractivity contribution in [3.63, 3.8) is 0 Å². The van der Waals surface area contributed by atoms with Gasteiger partial charge >= 0.3 is 5.97 Å². The van der Waals surface area contributed by atoms with Crippen LogP contribution in [0.3, 0.4) is 0 Å². The Balaban J connectivity index is 1.79. The minimum absolute atomic E-state index is 0.473. The van der Waals surface area contributed by atoms with Crippen molar-refractivity contribution in [3.8, 4) is 11.5 Å². The summed E-state index contributed by atoms with van der Waals surface area (Å²) in [6, 6.07) is 12.6. The van der Waals surface area contributed by atoms with Crippen molar-refractivity contribution in [2.75, 3.05) is 13.7 Å². The van der Waals surface area contributed by atoms with Gasteiger partial charge in [0.1, 0.15) is 11.5 Å². The number of nitrogens with zero attached hydrogens (tertiary/aromatic N) is 1. The van der Waals surface area contributed by atoms with Crippen LogP contribution in [0.15, 0.2) is 47.6 Å². The molecule has 1 heterocycles. The van der Waals surface area contributed by atoms with E-state index >= 15 is 0 Å². The fourth-order valence-corrected chi connectivity index (χ4v) is 2.31. The number of rotatable bonds is 3. The lowest BCUT2D eigenvalue weighted by Gasteiger charge is -2.19. The monoisotopic (exact) mass is 311 g/mol. The first-order valence-electron chi connectivity index (χ1n) is 7.33. The molecule has 1 aliphatic heterocycles. The van der Waals surface area contributed by atoms with Crippen LogP contribution in [-0.2, 0) is 4.84 Å². The van der Waals surface area contributed by atoms with Gasteiger partial charge in [0.15, 0.2) is 0 Å². The number of oxime groups is 1. The fraction of sp³-hybridized carbons (Fsp3) is 0.222. The second-order valence-electron chi connectivity index (χ2n) is 5.24. The lowest BCUT2D eigenvalue weighted by atomic mass is 10.0. The Morgan fingerprint density at radius 2 is 1.96 bits per heavy atom. The molecule has 5 nitrogen and oxygen atoms in total. The Hall–Kier alpha value is -2.82. The molecule has 0 aliphatic carbocycles. The minimum atomic E-state index is -0.473. The number of ether oxygens (including phenoxy) is 2. The van der Waals surface area contributed by atoms with Gasteiger partial charge in [-0.25, -0.2) is 4.79 Å². The Morgan fingerprint density at radius 1 is 1.17 bits per heavy atom. The Bertz CT molecular complexity index is 750. The van der Waals surface area contributed by atoms with Gasteiger partial charge in [-0.1, -0.05) is 22.9 Å². The van der Waals surface area contributed by atoms with Crippen LogP contribution in [-0.4, -0.2) is 25.4 Å². The first kappa shape index (κ1) is 15.1. The van der Waals surface area contributed by atoms with E-state index < -0.39 is 5.97 Å². The molecule has 0 spiro atoms. The highest BCUT2D eigenvalue weighted by molar-refractivity contribution is 6.04. The van der Waals surface area contributed by atoms with Crippen molar-refractivity contribution in [1.82, 2.24) is 0 Å². The maximum atomic E-state index is 12.0. The highest BCUT2D eigenvalue weighted by Crippen LogP contribution is 2.29. The summed E-state index contributed by atoms with van der Waals surface area (Å²) >= 11 is 0. The molecular weight excluding hydrogens is 294 g/mol. The number of methoxy groups -OCH3 is 1. The number of carbonyl (C=O) groups is 1. The van der Waals surface area contributed by atoms with Crippen LogP contribution < -0.4 is 9.47 Å². The minimum Gasteiger partial charge on any atom is -0.497 e. The van der Waals surface area contributed by atoms with Gasteiger partial charge in [-0.15, -0.1) is 0 Å². The van der Waals surface area contributed by atoms with Gasteiger partial charge in [-0.2, -0.15) is 0 Å². The quantitative estimate of drug-likeness (QED) is 0.644. The summed E-state index contributed by atoms with van der Waals surface area (Å²) in [5, 5.41) is 4.03. The molecule has 2 aromatic rings. The average Bonchev–Trinajstić information content (AvgIpc) is 2.59. The van der Waals surface area contributed by atoms with E-state index in [4.69, 9.17) is 14.3 Å². The van der Waals surface area contributed by atoms with Gasteiger partial charge in [-0.3, -0.25) is 0 Å². The van der Waals surface area contributed by atoms with E-state index in [-0.39, 0.29) is 0 Å². The van der Waals surface area contributed by atoms with Gasteiger partial charge < -0.3 is 14.3 Å². The van der Waals surface area contributed by atoms with Crippen molar-refractivity contribution < 1.29 is 19.1 Å². The number of hydrogen-bond acceptors (Lipinski definition) is 5. The van der Waals surface area contributed by atoms with E-state index in [1.165, 1.54) is 0 Å². The van der Waals surface area contributed by atoms with Crippen molar-refractivity contribution >= 4 is 11.7 Å². The topological polar surface area (TPSA) is 57.1 Å². The van der Waals surface area contributed by atoms with Crippen LogP contribution in [0, 0.1) is 6.92 Å². The van der Waals surface area contributed by atoms with Crippen LogP contribution >= 0.6 is 0 Å². The number of benzene rings is 2. The molecule has 3 rings (SSSR count). The van der Waals surface area contributed by atoms with E-state index in [2.05, 4.69) is 5.16 Å². The lowest BCUT2D eigenvalue weighted by Crippen LogP contribution is -2.17. The number of carbonyl (C=O) groups excluding carboxylic acids is 1. The Morgan fingerprint density at radius 3 is 2.70 bits per heavy atom. The van der Waals surface area contributed by atoms with Gasteiger partial charge in [0.2, 0.25) is 0 Å². The molecule has 0 saturated carbocycles. The summed E-state index contributed by atoms with van der Waals surface area (Å²) in [6.07, 6.45) is 0.584. The first-order valence-corrected chi connectivity index (χ1v) is 7.33. The van der Waals surface area contributed by atoms with E-state index in [0.717, 1.165) is 11.1 Å². The molecule has 118 valence electrons. The Kier molecular flexibility index (Phi) is 4.28. The molecule has 0 bridgehead atoms. The van der Waals surface area contributed by atoms with Crippen LogP contribution in [0.1, 0.15) is 27.9 Å². The maximum Gasteiger partial charge on any atom is 0.365 e. The number of aryl methyl sites for hydroxylation is 1. The second kappa shape index (κ2) is 6.52. The average molecular weight is 311 g/mol. The predicted octanol–water partition coefficient (Wildman–Crippen LogP) is 3.35. The van der Waals surface area contributed by atoms with Crippen molar-refractivity contribution in [2.45, 2.75) is 13.3 Å². The predicted molar refractivity (Wildman–Crippen MR) is 86.2 cm³/mol. The molecule has 0 N–H and O–H groups in total. The molecule has 0 amide bonds. The Labute approximate surface area is 134 Å². The summed E-state index contributed by atoms with van der Waals surface area (Å²) < 4.78 is 10.8. The standard InChI is InChI=1S/C18H17NO4/c1-12-3-5-13(6-4-12)18(20)23-19-16-9-10-22-17-11-14(21-2)7-8-15(16)17/h3-8,11H,9-10H2,1-2H3/b19-16+. The molecule has 2 aromatic carbocycles. The largest absolute Gasteiger partial charge is 0.497 e. The van der Waals surface area contributed by atoms with Crippen molar-refractivity contribution in [2.24, 2.45) is 5.16 Å². The zero-order valence-electron chi connectivity index (χ0n) is 13.0. The van der Waals surface area contributed by atoms with E-state index in [1.54, 1.807) is 25.3 Å². The van der Waals surface area contributed by atoms with Crippen LogP contribution in [0.4, 0.5) is 0 Å². The van der Waals surface area contributed by atoms with E-state index in [0.29, 0.717) is 35.8 Å². The molecule has 0 fully saturated rings. The van der Waals surface area contributed by atoms with Gasteiger partial charge in [0.05, 0.1) is 25.0 Å². The smallest absolute Gasteiger partial charge is 0.365 e. The zero-order valence-corrected chi connectivity index (χ0v) is 13.0. The van der Waals surface area contributed by atoms with E-state index in [1.807, 2.05) is 31.2 Å². The van der Waals surface area contributed by atoms with Gasteiger partial charge in [0.25, 0.3) is 0 Å². The molecular formula is C18H17NO4. The summed E-state index contributed by atoms with van der Waals surface area (Å²) in [5.74, 6) is 0.918. The van der Waals surface area contributed by atoms with Gasteiger partial charge in [-0.05, 0) is 31.2 Å². The number of hydrogen-bond donors (Lipinski definition) is 0. The van der Waals surface area contributed by atoms with Crippen LogP contribution in [0.25, 0.3) is 0 Å². The molecule has 0 radical (unpaired) electrons. The summed E-state index contributed by atoms with van der Waals surface area (Å²) in [5.41, 5.74) is 3.06. The molecule has 0 unspecified atom stereocenters. The van der Waals surface area contributed by atoms with Crippen molar-refractivity contribution in [3.05, 3.63) is 59.2 Å². The third-order valence-electron chi connectivity index (χ3n) is 3.62. The fourth-order valence-electron chi connectivity index (χ4n) is 2.31. The van der Waals surface area contributed by atoms with E-state index in [9.17, 15) is 4.79 Å². The third-order valence-corrected chi connectivity index (χ3v) is 3.62. The molecule has 1 aliphatic rings. The normalized spacial score (nSPS) is 14.8. The molecule has 0 aromatic heterocycles. The van der Waals surface area contributed by atoms with Gasteiger partial charge in [0, 0.05) is 18.1 Å². The number of fused-ring (bicyclic) bond motifs is 1. The summed E-state index contributed by atoms with van der Waals surface area (Å²) in [4.78, 5) is 17.1. The molecule has 0 atom stereocenters. The van der Waals surface area contributed by atoms with Crippen LogP contribution in [0.2, 0.25) is 0 Å². The highest BCUT2D eigenvalue weighted by Gasteiger charge is 2.19. The first-order chi connectivity index (χ1) is 11.2. The molecule has 23 heavy (non-hydrogen) atoms. The molecule has 0 saturated heterocycles. The third kappa shape index (κ3) is 3.34. The maximum absolute atomic E-state index is 12.0. The SMILES string of the molecule is COc1ccc2c(c1)OCC/C2=N\OC(=O)c1ccc(C)cc1. The summed E-state index contributed by atoms with van der Waals surface area (Å²) in [7, 11) is 1.60. The zero-order chi connectivity index (χ0) is 16.2. The second-order valence-corrected chi connectivity index (χ2v) is 5.24. The lowest BCUT2D eigenvalue weighted by molar-refractivity contribution is 0.0514. The summed E-state index contributed by atoms with van der Waals surface area (Å²) in [6.45, 7) is 2.45.